The molecular formula is C14H8F4O3. The fraction of sp³-hybridized carbons (Fsp3) is 0.0714. The highest BCUT2D eigenvalue weighted by Gasteiger charge is 2.48. The molecule has 0 saturated heterocycles. The number of aliphatic carboxylic acids is 1. The lowest BCUT2D eigenvalue weighted by atomic mass is 9.86. The van der Waals surface area contributed by atoms with E-state index in [1.807, 2.05) is 0 Å². The average molecular weight is 300 g/mol. The number of carboxylic acid groups (broad SMARTS) is 1. The molecule has 2 rings (SSSR count). The van der Waals surface area contributed by atoms with Crippen molar-refractivity contribution in [1.82, 2.24) is 0 Å². The van der Waals surface area contributed by atoms with Crippen LogP contribution in [0.25, 0.3) is 0 Å². The Morgan fingerprint density at radius 2 is 1.62 bits per heavy atom. The molecule has 1 N–H and O–H groups in total. The van der Waals surface area contributed by atoms with E-state index in [4.69, 9.17) is 0 Å². The molecule has 3 nitrogen and oxygen atoms in total. The van der Waals surface area contributed by atoms with Crippen LogP contribution >= 0.6 is 0 Å². The van der Waals surface area contributed by atoms with Crippen LogP contribution in [0.5, 0.6) is 0 Å². The molecular weight excluding hydrogens is 292 g/mol. The Morgan fingerprint density at radius 3 is 2.14 bits per heavy atom. The van der Waals surface area contributed by atoms with Gasteiger partial charge in [-0.3, -0.25) is 0 Å². The van der Waals surface area contributed by atoms with Gasteiger partial charge in [0.25, 0.3) is 5.60 Å². The zero-order valence-electron chi connectivity index (χ0n) is 10.3. The lowest BCUT2D eigenvalue weighted by Crippen LogP contribution is -2.39. The third-order valence-corrected chi connectivity index (χ3v) is 3.01. The molecule has 21 heavy (non-hydrogen) atoms. The molecule has 0 aliphatic heterocycles. The van der Waals surface area contributed by atoms with Crippen LogP contribution in [0.3, 0.4) is 0 Å². The maximum absolute atomic E-state index is 13.9. The molecule has 0 aliphatic rings. The molecule has 110 valence electrons. The summed E-state index contributed by atoms with van der Waals surface area (Å²) < 4.78 is 53.2. The molecule has 1 unspecified atom stereocenters. The highest BCUT2D eigenvalue weighted by atomic mass is 19.3. The first-order chi connectivity index (χ1) is 9.95. The molecule has 0 radical (unpaired) electrons. The van der Waals surface area contributed by atoms with Gasteiger partial charge in [0.2, 0.25) is 0 Å². The Morgan fingerprint density at radius 1 is 1.00 bits per heavy atom. The predicted molar refractivity (Wildman–Crippen MR) is 63.4 cm³/mol. The number of hydrogen-bond donors (Lipinski definition) is 1. The normalized spacial score (nSPS) is 13.7. The largest absolute Gasteiger partial charge is 0.478 e. The summed E-state index contributed by atoms with van der Waals surface area (Å²) in [7, 11) is 0. The van der Waals surface area contributed by atoms with Gasteiger partial charge < -0.3 is 5.11 Å². The summed E-state index contributed by atoms with van der Waals surface area (Å²) in [5.41, 5.74) is -4.20. The van der Waals surface area contributed by atoms with Crippen LogP contribution < -0.4 is 0 Å². The molecule has 0 aromatic heterocycles. The first kappa shape index (κ1) is 15.0. The van der Waals surface area contributed by atoms with Crippen molar-refractivity contribution in [3.63, 3.8) is 0 Å². The summed E-state index contributed by atoms with van der Waals surface area (Å²) in [6, 6.07) is 7.67. The number of rotatable bonds is 4. The summed E-state index contributed by atoms with van der Waals surface area (Å²) in [5.74, 6) is -7.19. The highest BCUT2D eigenvalue weighted by molar-refractivity contribution is 5.84. The van der Waals surface area contributed by atoms with E-state index in [-0.39, 0.29) is 5.56 Å². The fourth-order valence-electron chi connectivity index (χ4n) is 1.98. The molecule has 0 aliphatic carbocycles. The number of carbonyl (C=O) groups is 1. The second-order valence-corrected chi connectivity index (χ2v) is 4.15. The first-order valence-electron chi connectivity index (χ1n) is 5.67. The summed E-state index contributed by atoms with van der Waals surface area (Å²) in [4.78, 5) is 15.0. The van der Waals surface area contributed by atoms with Gasteiger partial charge in [-0.25, -0.2) is 18.0 Å². The SMILES string of the molecule is O=C(O)C(OF)(c1ccccc1)c1ccc(F)c(F)c1F. The van der Waals surface area contributed by atoms with Crippen LogP contribution in [0.4, 0.5) is 17.7 Å². The Hall–Kier alpha value is -2.41. The lowest BCUT2D eigenvalue weighted by Gasteiger charge is -2.26. The van der Waals surface area contributed by atoms with Crippen LogP contribution in [0.1, 0.15) is 11.1 Å². The molecule has 2 aromatic rings. The Labute approximate surface area is 116 Å². The van der Waals surface area contributed by atoms with Crippen LogP contribution in [0.2, 0.25) is 0 Å². The topological polar surface area (TPSA) is 46.5 Å². The number of carboxylic acids is 1. The monoisotopic (exact) mass is 300 g/mol. The molecule has 0 heterocycles. The van der Waals surface area contributed by atoms with E-state index in [1.165, 1.54) is 18.2 Å². The van der Waals surface area contributed by atoms with Gasteiger partial charge in [0.05, 0.1) is 0 Å². The van der Waals surface area contributed by atoms with Crippen LogP contribution in [0, 0.1) is 17.5 Å². The molecule has 1 atom stereocenters. The van der Waals surface area contributed by atoms with Gasteiger partial charge >= 0.3 is 5.97 Å². The van der Waals surface area contributed by atoms with Crippen LogP contribution in [-0.2, 0) is 15.3 Å². The zero-order valence-corrected chi connectivity index (χ0v) is 10.3. The number of benzene rings is 2. The first-order valence-corrected chi connectivity index (χ1v) is 5.67. The minimum absolute atomic E-state index is 0.287. The van der Waals surface area contributed by atoms with Crippen molar-refractivity contribution in [1.29, 1.82) is 0 Å². The van der Waals surface area contributed by atoms with E-state index in [2.05, 4.69) is 4.94 Å². The summed E-state index contributed by atoms with van der Waals surface area (Å²) in [6.45, 7) is 0. The minimum Gasteiger partial charge on any atom is -0.478 e. The summed E-state index contributed by atoms with van der Waals surface area (Å²) >= 11 is 0. The molecule has 0 fully saturated rings. The van der Waals surface area contributed by atoms with Crippen molar-refractivity contribution < 1.29 is 32.5 Å². The van der Waals surface area contributed by atoms with Gasteiger partial charge in [-0.2, -0.15) is 4.94 Å². The standard InChI is InChI=1S/C14H8F4O3/c15-10-7-6-9(11(16)12(10)17)14(21-18,13(19)20)8-4-2-1-3-5-8/h1-7H,(H,19,20). The fourth-order valence-corrected chi connectivity index (χ4v) is 1.98. The summed E-state index contributed by atoms with van der Waals surface area (Å²) in [6.07, 6.45) is 0. The Balaban J connectivity index is 2.79. The smallest absolute Gasteiger partial charge is 0.349 e. The highest BCUT2D eigenvalue weighted by Crippen LogP contribution is 2.37. The third kappa shape index (κ3) is 2.25. The molecule has 0 amide bonds. The van der Waals surface area contributed by atoms with Gasteiger partial charge in [-0.05, 0) is 16.7 Å². The van der Waals surface area contributed by atoms with Crippen molar-refractivity contribution in [3.05, 3.63) is 71.0 Å². The van der Waals surface area contributed by atoms with Crippen molar-refractivity contribution in [2.75, 3.05) is 0 Å². The van der Waals surface area contributed by atoms with Gasteiger partial charge in [0.15, 0.2) is 17.5 Å². The second kappa shape index (κ2) is 5.53. The molecule has 0 saturated carbocycles. The minimum atomic E-state index is -2.93. The van der Waals surface area contributed by atoms with Crippen molar-refractivity contribution in [2.24, 2.45) is 0 Å². The van der Waals surface area contributed by atoms with Crippen LogP contribution in [-0.4, -0.2) is 11.1 Å². The van der Waals surface area contributed by atoms with E-state index in [9.17, 15) is 27.6 Å². The second-order valence-electron chi connectivity index (χ2n) is 4.15. The van der Waals surface area contributed by atoms with E-state index < -0.39 is 34.6 Å². The predicted octanol–water partition coefficient (Wildman–Crippen LogP) is 3.33. The molecule has 0 spiro atoms. The molecule has 0 bridgehead atoms. The maximum atomic E-state index is 13.9. The van der Waals surface area contributed by atoms with Gasteiger partial charge in [0, 0.05) is 11.1 Å². The lowest BCUT2D eigenvalue weighted by molar-refractivity contribution is -0.233. The maximum Gasteiger partial charge on any atom is 0.349 e. The van der Waals surface area contributed by atoms with Crippen molar-refractivity contribution in [3.8, 4) is 0 Å². The zero-order chi connectivity index (χ0) is 15.6. The van der Waals surface area contributed by atoms with E-state index in [0.717, 1.165) is 12.1 Å². The van der Waals surface area contributed by atoms with Crippen molar-refractivity contribution >= 4 is 5.97 Å². The van der Waals surface area contributed by atoms with Crippen LogP contribution in [0.15, 0.2) is 42.5 Å². The third-order valence-electron chi connectivity index (χ3n) is 3.01. The summed E-state index contributed by atoms with van der Waals surface area (Å²) in [5, 5.41) is 9.27. The van der Waals surface area contributed by atoms with E-state index in [1.54, 1.807) is 0 Å². The van der Waals surface area contributed by atoms with Gasteiger partial charge in [0.1, 0.15) is 0 Å². The quantitative estimate of drug-likeness (QED) is 0.696. The molecule has 7 heteroatoms. The average Bonchev–Trinajstić information content (AvgIpc) is 2.49. The number of hydrogen-bond acceptors (Lipinski definition) is 2. The number of halogens is 4. The van der Waals surface area contributed by atoms with E-state index >= 15 is 0 Å². The van der Waals surface area contributed by atoms with Gasteiger partial charge in [-0.15, -0.1) is 0 Å². The Kier molecular flexibility index (Phi) is 3.95. The van der Waals surface area contributed by atoms with E-state index in [0.29, 0.717) is 12.1 Å². The van der Waals surface area contributed by atoms with Crippen molar-refractivity contribution in [2.45, 2.75) is 5.60 Å². The molecule has 2 aromatic carbocycles. The Bertz CT molecular complexity index is 675. The van der Waals surface area contributed by atoms with Gasteiger partial charge in [-0.1, -0.05) is 30.3 Å².